The molecule has 2 N–H and O–H groups in total. The van der Waals surface area contributed by atoms with Crippen molar-refractivity contribution < 1.29 is 14.3 Å². The lowest BCUT2D eigenvalue weighted by atomic mass is 9.95. The molecule has 0 unspecified atom stereocenters. The van der Waals surface area contributed by atoms with E-state index in [-0.39, 0.29) is 5.78 Å². The number of nitrogens with one attached hydrogen (secondary N) is 2. The zero-order valence-corrected chi connectivity index (χ0v) is 17.2. The molecule has 7 heteroatoms. The van der Waals surface area contributed by atoms with Gasteiger partial charge in [0.05, 0.1) is 30.9 Å². The number of benzene rings is 2. The number of ketones is 1. The fourth-order valence-electron chi connectivity index (χ4n) is 3.81. The first kappa shape index (κ1) is 18.9. The predicted molar refractivity (Wildman–Crippen MR) is 113 cm³/mol. The molecule has 29 heavy (non-hydrogen) atoms. The van der Waals surface area contributed by atoms with Crippen molar-refractivity contribution >= 4 is 28.1 Å². The Bertz CT molecular complexity index is 1070. The number of para-hydroxylation sites is 2. The van der Waals surface area contributed by atoms with E-state index in [0.29, 0.717) is 28.7 Å². The van der Waals surface area contributed by atoms with Gasteiger partial charge in [-0.25, -0.2) is 4.98 Å². The molecule has 4 rings (SSSR count). The first-order valence-corrected chi connectivity index (χ1v) is 9.36. The minimum absolute atomic E-state index is 0.0253. The van der Waals surface area contributed by atoms with Crippen LogP contribution in [-0.2, 0) is 4.79 Å². The van der Waals surface area contributed by atoms with Crippen molar-refractivity contribution in [1.29, 1.82) is 0 Å². The Labute approximate surface area is 169 Å². The average molecular weight is 392 g/mol. The highest BCUT2D eigenvalue weighted by Gasteiger charge is 2.48. The molecule has 0 fully saturated rings. The van der Waals surface area contributed by atoms with Gasteiger partial charge in [-0.1, -0.05) is 12.1 Å². The Morgan fingerprint density at radius 1 is 1.07 bits per heavy atom. The van der Waals surface area contributed by atoms with Gasteiger partial charge in [-0.2, -0.15) is 0 Å². The van der Waals surface area contributed by atoms with Crippen LogP contribution < -0.4 is 19.7 Å². The smallest absolute Gasteiger partial charge is 0.195 e. The van der Waals surface area contributed by atoms with Crippen LogP contribution in [0.25, 0.3) is 16.6 Å². The van der Waals surface area contributed by atoms with Gasteiger partial charge in [-0.15, -0.1) is 0 Å². The molecule has 0 spiro atoms. The number of anilines is 1. The Morgan fingerprint density at radius 2 is 1.72 bits per heavy atom. The number of fused-ring (bicyclic) bond motifs is 1. The number of methoxy groups -OCH3 is 2. The van der Waals surface area contributed by atoms with Crippen LogP contribution in [-0.4, -0.2) is 42.6 Å². The molecule has 1 aliphatic heterocycles. The Hall–Kier alpha value is -3.48. The van der Waals surface area contributed by atoms with E-state index in [9.17, 15) is 4.79 Å². The molecule has 2 aromatic carbocycles. The number of nitrogens with zero attached hydrogens (tertiary/aromatic N) is 2. The summed E-state index contributed by atoms with van der Waals surface area (Å²) in [6.45, 7) is 3.79. The van der Waals surface area contributed by atoms with Crippen molar-refractivity contribution in [3.63, 3.8) is 0 Å². The summed E-state index contributed by atoms with van der Waals surface area (Å²) in [5, 5.41) is 3.21. The van der Waals surface area contributed by atoms with Gasteiger partial charge in [-0.3, -0.25) is 4.79 Å². The molecule has 0 aliphatic carbocycles. The summed E-state index contributed by atoms with van der Waals surface area (Å²) in [6.07, 6.45) is 0. The third-order valence-electron chi connectivity index (χ3n) is 5.26. The monoisotopic (exact) mass is 392 g/mol. The Kier molecular flexibility index (Phi) is 4.45. The van der Waals surface area contributed by atoms with Gasteiger partial charge >= 0.3 is 0 Å². The predicted octanol–water partition coefficient (Wildman–Crippen LogP) is 3.34. The molecule has 0 bridgehead atoms. The number of H-pyrrole nitrogens is 1. The minimum atomic E-state index is -0.829. The molecule has 1 aromatic heterocycles. The molecular weight excluding hydrogens is 368 g/mol. The molecule has 2 heterocycles. The molecule has 0 amide bonds. The van der Waals surface area contributed by atoms with Gasteiger partial charge in [0, 0.05) is 25.2 Å². The maximum atomic E-state index is 13.5. The van der Waals surface area contributed by atoms with E-state index >= 15 is 0 Å². The summed E-state index contributed by atoms with van der Waals surface area (Å²) in [7, 11) is 5.01. The van der Waals surface area contributed by atoms with Crippen molar-refractivity contribution in [1.82, 2.24) is 15.3 Å². The third kappa shape index (κ3) is 2.90. The molecule has 0 saturated heterocycles. The third-order valence-corrected chi connectivity index (χ3v) is 5.26. The summed E-state index contributed by atoms with van der Waals surface area (Å²) < 4.78 is 10.9. The van der Waals surface area contributed by atoms with E-state index in [1.165, 1.54) is 0 Å². The first-order valence-electron chi connectivity index (χ1n) is 9.36. The van der Waals surface area contributed by atoms with Crippen molar-refractivity contribution in [3.05, 3.63) is 54.1 Å². The number of hydrogen-bond donors (Lipinski definition) is 2. The van der Waals surface area contributed by atoms with Crippen LogP contribution in [0.2, 0.25) is 0 Å². The van der Waals surface area contributed by atoms with Crippen LogP contribution in [0.5, 0.6) is 11.5 Å². The highest BCUT2D eigenvalue weighted by atomic mass is 16.5. The first-order chi connectivity index (χ1) is 13.9. The highest BCUT2D eigenvalue weighted by Crippen LogP contribution is 2.42. The lowest BCUT2D eigenvalue weighted by Gasteiger charge is -2.34. The lowest BCUT2D eigenvalue weighted by molar-refractivity contribution is -0.116. The minimum Gasteiger partial charge on any atom is -0.497 e. The molecule has 0 atom stereocenters. The molecule has 1 aliphatic rings. The zero-order chi connectivity index (χ0) is 20.8. The van der Waals surface area contributed by atoms with Crippen LogP contribution in [0.3, 0.4) is 0 Å². The number of rotatable bonds is 5. The van der Waals surface area contributed by atoms with Gasteiger partial charge in [0.15, 0.2) is 5.78 Å². The van der Waals surface area contributed by atoms with Gasteiger partial charge in [0.2, 0.25) is 0 Å². The Balaban J connectivity index is 1.93. The summed E-state index contributed by atoms with van der Waals surface area (Å²) in [6, 6.07) is 13.3. The van der Waals surface area contributed by atoms with Gasteiger partial charge in [0.25, 0.3) is 0 Å². The number of imidazole rings is 1. The number of carbonyl (C=O) groups excluding carboxylic acids is 1. The lowest BCUT2D eigenvalue weighted by Crippen LogP contribution is -2.46. The van der Waals surface area contributed by atoms with Gasteiger partial charge < -0.3 is 24.7 Å². The number of carbonyl (C=O) groups is 1. The van der Waals surface area contributed by atoms with E-state index in [0.717, 1.165) is 16.7 Å². The van der Waals surface area contributed by atoms with Gasteiger partial charge in [-0.05, 0) is 26.0 Å². The standard InChI is InChI=1S/C22H24N4O3/c1-22(2)19(27)18(20-24-16-8-6-7-9-17(16)25-20)21(23-3)26(22)13-10-14(28-4)12-15(11-13)29-5/h6-12,23H,1-5H3,(H,24,25). The fraction of sp³-hybridized carbons (Fsp3) is 0.273. The van der Waals surface area contributed by atoms with Crippen LogP contribution in [0, 0.1) is 0 Å². The van der Waals surface area contributed by atoms with Crippen molar-refractivity contribution in [2.75, 3.05) is 26.2 Å². The molecular formula is C22H24N4O3. The largest absolute Gasteiger partial charge is 0.497 e. The second-order valence-electron chi connectivity index (χ2n) is 7.37. The zero-order valence-electron chi connectivity index (χ0n) is 17.2. The van der Waals surface area contributed by atoms with E-state index < -0.39 is 5.54 Å². The number of aromatic amines is 1. The van der Waals surface area contributed by atoms with Crippen molar-refractivity contribution in [3.8, 4) is 11.5 Å². The molecule has 0 saturated carbocycles. The summed E-state index contributed by atoms with van der Waals surface area (Å²) in [5.74, 6) is 2.49. The second kappa shape index (κ2) is 6.84. The molecule has 3 aromatic rings. The van der Waals surface area contributed by atoms with E-state index in [2.05, 4.69) is 15.3 Å². The number of hydrogen-bond acceptors (Lipinski definition) is 6. The summed E-state index contributed by atoms with van der Waals surface area (Å²) in [4.78, 5) is 23.4. The summed E-state index contributed by atoms with van der Waals surface area (Å²) in [5.41, 5.74) is 2.19. The fourth-order valence-corrected chi connectivity index (χ4v) is 3.81. The van der Waals surface area contributed by atoms with Crippen LogP contribution in [0.4, 0.5) is 5.69 Å². The SMILES string of the molecule is CNC1=C(c2nc3ccccc3[nH]2)C(=O)C(C)(C)N1c1cc(OC)cc(OC)c1. The highest BCUT2D eigenvalue weighted by molar-refractivity contribution is 6.29. The van der Waals surface area contributed by atoms with Crippen molar-refractivity contribution in [2.24, 2.45) is 0 Å². The summed E-state index contributed by atoms with van der Waals surface area (Å²) >= 11 is 0. The van der Waals surface area contributed by atoms with Crippen LogP contribution >= 0.6 is 0 Å². The molecule has 7 nitrogen and oxygen atoms in total. The molecule has 0 radical (unpaired) electrons. The maximum Gasteiger partial charge on any atom is 0.195 e. The molecule has 150 valence electrons. The van der Waals surface area contributed by atoms with Crippen LogP contribution in [0.15, 0.2) is 48.3 Å². The Morgan fingerprint density at radius 3 is 2.31 bits per heavy atom. The average Bonchev–Trinajstić information content (AvgIpc) is 3.23. The maximum absolute atomic E-state index is 13.5. The quantitative estimate of drug-likeness (QED) is 0.693. The van der Waals surface area contributed by atoms with E-state index in [1.807, 2.05) is 55.1 Å². The second-order valence-corrected chi connectivity index (χ2v) is 7.37. The van der Waals surface area contributed by atoms with Crippen LogP contribution in [0.1, 0.15) is 19.7 Å². The van der Waals surface area contributed by atoms with E-state index in [4.69, 9.17) is 9.47 Å². The topological polar surface area (TPSA) is 79.5 Å². The van der Waals surface area contributed by atoms with E-state index in [1.54, 1.807) is 27.3 Å². The number of ether oxygens (including phenoxy) is 2. The number of Topliss-reactive ketones (excluding diaryl/α,β-unsaturated/α-hetero) is 1. The van der Waals surface area contributed by atoms with Crippen molar-refractivity contribution in [2.45, 2.75) is 19.4 Å². The number of aromatic nitrogens is 2. The van der Waals surface area contributed by atoms with Gasteiger partial charge in [0.1, 0.15) is 34.3 Å². The normalized spacial score (nSPS) is 15.9.